The predicted octanol–water partition coefficient (Wildman–Crippen LogP) is 1.91. The lowest BCUT2D eigenvalue weighted by Gasteiger charge is -2.11. The van der Waals surface area contributed by atoms with E-state index in [0.717, 1.165) is 17.1 Å². The highest BCUT2D eigenvalue weighted by molar-refractivity contribution is 5.44. The zero-order chi connectivity index (χ0) is 9.14. The topological polar surface area (TPSA) is 37.8 Å². The number of aryl methyl sites for hydroxylation is 1. The molecular weight excluding hydrogens is 150 g/mol. The fraction of sp³-hybridized carbons (Fsp3) is 0.556. The molecule has 12 heavy (non-hydrogen) atoms. The first-order chi connectivity index (χ1) is 5.61. The molecule has 3 heteroatoms. The smallest absolute Gasteiger partial charge is 0.132 e. The van der Waals surface area contributed by atoms with E-state index in [9.17, 15) is 0 Å². The molecule has 0 bridgehead atoms. The Labute approximate surface area is 73.2 Å². The Morgan fingerprint density at radius 2 is 1.92 bits per heavy atom. The Kier molecular flexibility index (Phi) is 2.63. The molecule has 0 saturated heterocycles. The van der Waals surface area contributed by atoms with Crippen molar-refractivity contribution < 1.29 is 0 Å². The summed E-state index contributed by atoms with van der Waals surface area (Å²) in [5, 5.41) is 3.26. The van der Waals surface area contributed by atoms with Crippen LogP contribution in [-0.4, -0.2) is 16.0 Å². The Bertz CT molecular complexity index is 268. The van der Waals surface area contributed by atoms with Crippen molar-refractivity contribution in [3.63, 3.8) is 0 Å². The lowest BCUT2D eigenvalue weighted by atomic mass is 10.2. The second kappa shape index (κ2) is 3.52. The number of aromatic nitrogens is 2. The van der Waals surface area contributed by atoms with E-state index in [-0.39, 0.29) is 0 Å². The summed E-state index contributed by atoms with van der Waals surface area (Å²) in [6, 6.07) is 0.415. The van der Waals surface area contributed by atoms with E-state index in [1.165, 1.54) is 0 Å². The molecule has 1 heterocycles. The maximum absolute atomic E-state index is 4.16. The Balaban J connectivity index is 2.92. The lowest BCUT2D eigenvalue weighted by Crippen LogP contribution is -2.12. The summed E-state index contributed by atoms with van der Waals surface area (Å²) < 4.78 is 0. The molecular formula is C9H15N3. The van der Waals surface area contributed by atoms with Gasteiger partial charge in [-0.3, -0.25) is 0 Å². The molecule has 1 aromatic heterocycles. The average Bonchev–Trinajstić information content (AvgIpc) is 1.98. The second-order valence-electron chi connectivity index (χ2n) is 3.23. The summed E-state index contributed by atoms with van der Waals surface area (Å²) in [6.07, 6.45) is 1.59. The Morgan fingerprint density at radius 1 is 1.25 bits per heavy atom. The lowest BCUT2D eigenvalue weighted by molar-refractivity contribution is 0.878. The fourth-order valence-electron chi connectivity index (χ4n) is 0.957. The molecule has 1 aromatic rings. The number of anilines is 1. The number of hydrogen-bond donors (Lipinski definition) is 1. The van der Waals surface area contributed by atoms with E-state index < -0.39 is 0 Å². The van der Waals surface area contributed by atoms with Gasteiger partial charge in [-0.25, -0.2) is 9.97 Å². The van der Waals surface area contributed by atoms with Crippen LogP contribution in [0.3, 0.4) is 0 Å². The van der Waals surface area contributed by atoms with E-state index >= 15 is 0 Å². The molecule has 3 nitrogen and oxygen atoms in total. The van der Waals surface area contributed by atoms with Gasteiger partial charge in [0.2, 0.25) is 0 Å². The van der Waals surface area contributed by atoms with Crippen molar-refractivity contribution in [1.29, 1.82) is 0 Å². The van der Waals surface area contributed by atoms with Gasteiger partial charge in [0.25, 0.3) is 0 Å². The van der Waals surface area contributed by atoms with Crippen LogP contribution >= 0.6 is 0 Å². The van der Waals surface area contributed by atoms with E-state index in [2.05, 4.69) is 29.1 Å². The van der Waals surface area contributed by atoms with Gasteiger partial charge in [0.05, 0.1) is 0 Å². The molecule has 0 saturated carbocycles. The molecule has 0 radical (unpaired) electrons. The Hall–Kier alpha value is -1.12. The van der Waals surface area contributed by atoms with E-state index in [4.69, 9.17) is 0 Å². The zero-order valence-electron chi connectivity index (χ0n) is 8.05. The third kappa shape index (κ3) is 1.94. The minimum Gasteiger partial charge on any atom is -0.368 e. The SMILES string of the molecule is Cc1ncnc(NC(C)C)c1C. The largest absolute Gasteiger partial charge is 0.368 e. The third-order valence-electron chi connectivity index (χ3n) is 1.76. The molecule has 0 aliphatic rings. The van der Waals surface area contributed by atoms with Crippen LogP contribution in [0.25, 0.3) is 0 Å². The van der Waals surface area contributed by atoms with Gasteiger partial charge in [-0.2, -0.15) is 0 Å². The van der Waals surface area contributed by atoms with Gasteiger partial charge in [-0.05, 0) is 27.7 Å². The molecule has 0 spiro atoms. The molecule has 1 rings (SSSR count). The van der Waals surface area contributed by atoms with Crippen molar-refractivity contribution in [3.05, 3.63) is 17.6 Å². The fourth-order valence-corrected chi connectivity index (χ4v) is 0.957. The minimum atomic E-state index is 0.415. The standard InChI is InChI=1S/C9H15N3/c1-6(2)12-9-7(3)8(4)10-5-11-9/h5-6H,1-4H3,(H,10,11,12). The monoisotopic (exact) mass is 165 g/mol. The van der Waals surface area contributed by atoms with Crippen LogP contribution in [0.5, 0.6) is 0 Å². The van der Waals surface area contributed by atoms with Crippen LogP contribution in [0.1, 0.15) is 25.1 Å². The van der Waals surface area contributed by atoms with Crippen molar-refractivity contribution in [2.24, 2.45) is 0 Å². The van der Waals surface area contributed by atoms with Gasteiger partial charge in [-0.15, -0.1) is 0 Å². The van der Waals surface area contributed by atoms with Gasteiger partial charge in [-0.1, -0.05) is 0 Å². The van der Waals surface area contributed by atoms with E-state index in [1.54, 1.807) is 6.33 Å². The van der Waals surface area contributed by atoms with Crippen molar-refractivity contribution in [2.45, 2.75) is 33.7 Å². The van der Waals surface area contributed by atoms with Crippen LogP contribution < -0.4 is 5.32 Å². The maximum Gasteiger partial charge on any atom is 0.132 e. The maximum atomic E-state index is 4.16. The van der Waals surface area contributed by atoms with Crippen LogP contribution in [0.4, 0.5) is 5.82 Å². The van der Waals surface area contributed by atoms with Crippen LogP contribution in [-0.2, 0) is 0 Å². The van der Waals surface area contributed by atoms with Crippen LogP contribution in [0.2, 0.25) is 0 Å². The quantitative estimate of drug-likeness (QED) is 0.727. The zero-order valence-corrected chi connectivity index (χ0v) is 8.05. The first-order valence-electron chi connectivity index (χ1n) is 4.16. The van der Waals surface area contributed by atoms with Gasteiger partial charge >= 0.3 is 0 Å². The van der Waals surface area contributed by atoms with E-state index in [0.29, 0.717) is 6.04 Å². The highest BCUT2D eigenvalue weighted by Gasteiger charge is 2.03. The number of hydrogen-bond acceptors (Lipinski definition) is 3. The summed E-state index contributed by atoms with van der Waals surface area (Å²) in [5.41, 5.74) is 2.17. The highest BCUT2D eigenvalue weighted by atomic mass is 15.0. The summed E-state index contributed by atoms with van der Waals surface area (Å²) in [7, 11) is 0. The number of nitrogens with one attached hydrogen (secondary N) is 1. The molecule has 1 N–H and O–H groups in total. The number of rotatable bonds is 2. The van der Waals surface area contributed by atoms with Crippen molar-refractivity contribution in [3.8, 4) is 0 Å². The molecule has 0 atom stereocenters. The van der Waals surface area contributed by atoms with Crippen molar-refractivity contribution in [2.75, 3.05) is 5.32 Å². The molecule has 0 aliphatic carbocycles. The molecule has 66 valence electrons. The number of nitrogens with zero attached hydrogens (tertiary/aromatic N) is 2. The molecule has 0 fully saturated rings. The summed E-state index contributed by atoms with van der Waals surface area (Å²) in [6.45, 7) is 8.20. The molecule has 0 aliphatic heterocycles. The van der Waals surface area contributed by atoms with E-state index in [1.807, 2.05) is 13.8 Å². The van der Waals surface area contributed by atoms with Crippen molar-refractivity contribution >= 4 is 5.82 Å². The van der Waals surface area contributed by atoms with Gasteiger partial charge in [0.15, 0.2) is 0 Å². The summed E-state index contributed by atoms with van der Waals surface area (Å²) in [4.78, 5) is 8.25. The van der Waals surface area contributed by atoms with Gasteiger partial charge in [0.1, 0.15) is 12.1 Å². The van der Waals surface area contributed by atoms with Crippen LogP contribution in [0.15, 0.2) is 6.33 Å². The third-order valence-corrected chi connectivity index (χ3v) is 1.76. The predicted molar refractivity (Wildman–Crippen MR) is 50.3 cm³/mol. The van der Waals surface area contributed by atoms with Gasteiger partial charge in [0, 0.05) is 17.3 Å². The first kappa shape index (κ1) is 8.97. The second-order valence-corrected chi connectivity index (χ2v) is 3.23. The van der Waals surface area contributed by atoms with Gasteiger partial charge < -0.3 is 5.32 Å². The molecule has 0 aromatic carbocycles. The summed E-state index contributed by atoms with van der Waals surface area (Å²) >= 11 is 0. The Morgan fingerprint density at radius 3 is 2.50 bits per heavy atom. The summed E-state index contributed by atoms with van der Waals surface area (Å²) in [5.74, 6) is 0.942. The molecule has 0 amide bonds. The highest BCUT2D eigenvalue weighted by Crippen LogP contribution is 2.12. The normalized spacial score (nSPS) is 10.4. The molecule has 0 unspecified atom stereocenters. The minimum absolute atomic E-state index is 0.415. The van der Waals surface area contributed by atoms with Crippen LogP contribution in [0, 0.1) is 13.8 Å². The average molecular weight is 165 g/mol. The van der Waals surface area contributed by atoms with Crippen molar-refractivity contribution in [1.82, 2.24) is 9.97 Å². The first-order valence-corrected chi connectivity index (χ1v) is 4.16.